The molecular formula is C21H27O9P. The minimum atomic E-state index is -4.16. The zero-order valence-corrected chi connectivity index (χ0v) is 18.5. The molecule has 1 heterocycles. The van der Waals surface area contributed by atoms with Crippen molar-refractivity contribution in [2.24, 2.45) is 5.92 Å². The summed E-state index contributed by atoms with van der Waals surface area (Å²) < 4.78 is 21.3. The van der Waals surface area contributed by atoms with Gasteiger partial charge >= 0.3 is 19.5 Å². The van der Waals surface area contributed by atoms with Crippen molar-refractivity contribution in [3.8, 4) is 11.5 Å². The summed E-state index contributed by atoms with van der Waals surface area (Å²) in [7, 11) is -2.69. The lowest BCUT2D eigenvalue weighted by Crippen LogP contribution is -2.13. The summed E-state index contributed by atoms with van der Waals surface area (Å²) in [4.78, 5) is 41.2. The third kappa shape index (κ3) is 6.19. The van der Waals surface area contributed by atoms with Gasteiger partial charge in [-0.25, -0.2) is 4.79 Å². The summed E-state index contributed by atoms with van der Waals surface area (Å²) in [6.07, 6.45) is 4.62. The van der Waals surface area contributed by atoms with Gasteiger partial charge in [-0.05, 0) is 38.7 Å². The predicted molar refractivity (Wildman–Crippen MR) is 112 cm³/mol. The lowest BCUT2D eigenvalue weighted by atomic mass is 9.93. The Morgan fingerprint density at radius 2 is 2.00 bits per heavy atom. The van der Waals surface area contributed by atoms with Crippen LogP contribution in [0.3, 0.4) is 0 Å². The second-order valence-corrected chi connectivity index (χ2v) is 9.16. The number of carbonyl (C=O) groups is 2. The van der Waals surface area contributed by atoms with Crippen LogP contribution in [0.4, 0.5) is 0 Å². The molecule has 1 aliphatic rings. The second kappa shape index (κ2) is 10.1. The average molecular weight is 454 g/mol. The van der Waals surface area contributed by atoms with Crippen LogP contribution in [0.5, 0.6) is 11.5 Å². The van der Waals surface area contributed by atoms with Gasteiger partial charge in [-0.2, -0.15) is 0 Å². The van der Waals surface area contributed by atoms with E-state index in [1.165, 1.54) is 19.3 Å². The summed E-state index contributed by atoms with van der Waals surface area (Å²) in [5.74, 6) is -2.12. The van der Waals surface area contributed by atoms with E-state index in [1.807, 2.05) is 0 Å². The molecule has 0 spiro atoms. The van der Waals surface area contributed by atoms with Crippen molar-refractivity contribution in [1.82, 2.24) is 0 Å². The van der Waals surface area contributed by atoms with Gasteiger partial charge in [-0.3, -0.25) is 9.36 Å². The number of ether oxygens (including phenoxy) is 2. The van der Waals surface area contributed by atoms with Crippen LogP contribution in [0.25, 0.3) is 0 Å². The van der Waals surface area contributed by atoms with E-state index in [9.17, 15) is 24.4 Å². The van der Waals surface area contributed by atoms with Gasteiger partial charge in [0.25, 0.3) is 0 Å². The maximum atomic E-state index is 12.0. The number of carboxylic acids is 1. The molecule has 0 aromatic heterocycles. The summed E-state index contributed by atoms with van der Waals surface area (Å²) in [5, 5.41) is 20.1. The number of phenolic OH excluding ortho intramolecular Hbond substituents is 1. The van der Waals surface area contributed by atoms with Crippen LogP contribution >= 0.6 is 7.60 Å². The zero-order chi connectivity index (χ0) is 23.3. The number of hydrogen-bond donors (Lipinski definition) is 4. The van der Waals surface area contributed by atoms with E-state index in [4.69, 9.17) is 19.3 Å². The number of aromatic hydroxyl groups is 1. The number of rotatable bonds is 10. The Morgan fingerprint density at radius 1 is 1.32 bits per heavy atom. The van der Waals surface area contributed by atoms with Crippen molar-refractivity contribution in [3.63, 3.8) is 0 Å². The van der Waals surface area contributed by atoms with E-state index in [-0.39, 0.29) is 37.2 Å². The second-order valence-electron chi connectivity index (χ2n) is 7.46. The van der Waals surface area contributed by atoms with Gasteiger partial charge < -0.3 is 29.5 Å². The first-order chi connectivity index (χ1) is 14.5. The van der Waals surface area contributed by atoms with Crippen LogP contribution in [0.2, 0.25) is 0 Å². The molecule has 1 aliphatic heterocycles. The fourth-order valence-electron chi connectivity index (χ4n) is 3.52. The topological polar surface area (TPSA) is 151 Å². The van der Waals surface area contributed by atoms with Crippen molar-refractivity contribution < 1.29 is 43.6 Å². The molecule has 0 bridgehead atoms. The first kappa shape index (κ1) is 24.7. The molecule has 0 amide bonds. The maximum Gasteiger partial charge on any atom is 0.342 e. The van der Waals surface area contributed by atoms with Crippen LogP contribution in [-0.2, 0) is 27.1 Å². The molecule has 0 aliphatic carbocycles. The molecule has 1 atom stereocenters. The van der Waals surface area contributed by atoms with E-state index in [0.29, 0.717) is 22.4 Å². The van der Waals surface area contributed by atoms with E-state index in [0.717, 1.165) is 5.57 Å². The number of allylic oxidation sites excluding steroid dienone is 4. The van der Waals surface area contributed by atoms with Crippen molar-refractivity contribution in [2.75, 3.05) is 13.3 Å². The third-order valence-electron chi connectivity index (χ3n) is 5.15. The van der Waals surface area contributed by atoms with Crippen LogP contribution in [0.1, 0.15) is 46.8 Å². The number of cyclic esters (lactones) is 1. The lowest BCUT2D eigenvalue weighted by molar-refractivity contribution is -0.141. The monoisotopic (exact) mass is 454 g/mol. The third-order valence-corrected chi connectivity index (χ3v) is 5.84. The SMILES string of the molecule is COc1c(C)c2c(c(O)c1CC=C(C)CC(CC=CCP(=O)(O)O)C(=O)O)C(=O)OC2. The molecule has 1 unspecified atom stereocenters. The number of hydrogen-bond acceptors (Lipinski definition) is 6. The van der Waals surface area contributed by atoms with Crippen LogP contribution in [0.15, 0.2) is 23.8 Å². The highest BCUT2D eigenvalue weighted by molar-refractivity contribution is 7.51. The summed E-state index contributed by atoms with van der Waals surface area (Å²) in [5.41, 5.74) is 2.61. The highest BCUT2D eigenvalue weighted by Crippen LogP contribution is 2.42. The van der Waals surface area contributed by atoms with Crippen molar-refractivity contribution >= 4 is 19.5 Å². The number of aliphatic carboxylic acids is 1. The van der Waals surface area contributed by atoms with E-state index in [2.05, 4.69) is 0 Å². The fraction of sp³-hybridized carbons (Fsp3) is 0.429. The average Bonchev–Trinajstić information content (AvgIpc) is 3.07. The molecule has 1 aromatic rings. The Morgan fingerprint density at radius 3 is 2.58 bits per heavy atom. The Balaban J connectivity index is 2.18. The molecular weight excluding hydrogens is 427 g/mol. The highest BCUT2D eigenvalue weighted by Gasteiger charge is 2.31. The number of methoxy groups -OCH3 is 1. The molecule has 9 nitrogen and oxygen atoms in total. The number of carbonyl (C=O) groups excluding carboxylic acids is 1. The van der Waals surface area contributed by atoms with Crippen molar-refractivity contribution in [1.29, 1.82) is 0 Å². The van der Waals surface area contributed by atoms with E-state index >= 15 is 0 Å². The van der Waals surface area contributed by atoms with Crippen LogP contribution in [0, 0.1) is 12.8 Å². The number of carboxylic acid groups (broad SMARTS) is 1. The van der Waals surface area contributed by atoms with Gasteiger partial charge in [0.15, 0.2) is 0 Å². The minimum Gasteiger partial charge on any atom is -0.507 e. The van der Waals surface area contributed by atoms with Gasteiger partial charge in [0.05, 0.1) is 19.2 Å². The van der Waals surface area contributed by atoms with Crippen LogP contribution in [-0.4, -0.2) is 45.2 Å². The maximum absolute atomic E-state index is 12.0. The highest BCUT2D eigenvalue weighted by atomic mass is 31.2. The Hall–Kier alpha value is -2.61. The first-order valence-electron chi connectivity index (χ1n) is 9.62. The molecule has 31 heavy (non-hydrogen) atoms. The largest absolute Gasteiger partial charge is 0.507 e. The number of esters is 1. The molecule has 2 rings (SSSR count). The van der Waals surface area contributed by atoms with Crippen LogP contribution < -0.4 is 4.74 Å². The summed E-state index contributed by atoms with van der Waals surface area (Å²) >= 11 is 0. The Bertz CT molecular complexity index is 972. The number of phenols is 1. The van der Waals surface area contributed by atoms with Crippen molar-refractivity contribution in [2.45, 2.75) is 39.7 Å². The van der Waals surface area contributed by atoms with Gasteiger partial charge in [-0.1, -0.05) is 23.8 Å². The zero-order valence-electron chi connectivity index (χ0n) is 17.6. The predicted octanol–water partition coefficient (Wildman–Crippen LogP) is 3.08. The Labute approximate surface area is 180 Å². The molecule has 0 radical (unpaired) electrons. The molecule has 4 N–H and O–H groups in total. The molecule has 10 heteroatoms. The first-order valence-corrected chi connectivity index (χ1v) is 11.4. The molecule has 170 valence electrons. The molecule has 1 aromatic carbocycles. The normalized spacial score (nSPS) is 15.1. The van der Waals surface area contributed by atoms with Crippen molar-refractivity contribution in [3.05, 3.63) is 46.1 Å². The number of benzene rings is 1. The fourth-order valence-corrected chi connectivity index (χ4v) is 3.94. The molecule has 0 saturated carbocycles. The van der Waals surface area contributed by atoms with Gasteiger partial charge in [0.1, 0.15) is 23.7 Å². The smallest absolute Gasteiger partial charge is 0.342 e. The summed E-state index contributed by atoms with van der Waals surface area (Å²) in [6.45, 7) is 3.62. The lowest BCUT2D eigenvalue weighted by Gasteiger charge is -2.16. The molecule has 0 fully saturated rings. The number of fused-ring (bicyclic) bond motifs is 1. The van der Waals surface area contributed by atoms with E-state index in [1.54, 1.807) is 19.9 Å². The van der Waals surface area contributed by atoms with Gasteiger partial charge in [0.2, 0.25) is 0 Å². The Kier molecular flexibility index (Phi) is 8.06. The quantitative estimate of drug-likeness (QED) is 0.237. The standard InChI is InChI=1S/C21H27O9P/c1-12(10-14(20(23)24)6-4-5-9-31(26,27)28)7-8-15-18(22)17-16(11-30-21(17)25)13(2)19(15)29-3/h4-5,7,14,22H,6,8-11H2,1-3H3,(H,23,24)(H2,26,27,28). The minimum absolute atomic E-state index is 0.0783. The summed E-state index contributed by atoms with van der Waals surface area (Å²) in [6, 6.07) is 0. The molecule has 0 saturated heterocycles. The van der Waals surface area contributed by atoms with E-state index < -0.39 is 31.6 Å². The van der Waals surface area contributed by atoms with Gasteiger partial charge in [-0.15, -0.1) is 0 Å². The van der Waals surface area contributed by atoms with Gasteiger partial charge in [0, 0.05) is 11.1 Å².